The van der Waals surface area contributed by atoms with Gasteiger partial charge in [-0.15, -0.1) is 0 Å². The van der Waals surface area contributed by atoms with Crippen molar-refractivity contribution in [2.45, 2.75) is 20.0 Å². The summed E-state index contributed by atoms with van der Waals surface area (Å²) in [4.78, 5) is 18.4. The van der Waals surface area contributed by atoms with E-state index < -0.39 is 6.10 Å². The van der Waals surface area contributed by atoms with Crippen LogP contribution in [-0.4, -0.2) is 40.9 Å². The van der Waals surface area contributed by atoms with E-state index in [1.807, 2.05) is 30.3 Å². The van der Waals surface area contributed by atoms with Crippen LogP contribution < -0.4 is 4.74 Å². The summed E-state index contributed by atoms with van der Waals surface area (Å²) in [7, 11) is 0. The monoisotopic (exact) mass is 278 g/mol. The minimum Gasteiger partial charge on any atom is -0.481 e. The van der Waals surface area contributed by atoms with Crippen LogP contribution in [0.1, 0.15) is 13.8 Å². The van der Waals surface area contributed by atoms with Crippen LogP contribution in [0.3, 0.4) is 0 Å². The highest BCUT2D eigenvalue weighted by Crippen LogP contribution is 2.17. The summed E-state index contributed by atoms with van der Waals surface area (Å²) in [6.45, 7) is 5.18. The topological polar surface area (TPSA) is 41.9 Å². The number of carbonyl (C=O) groups excluding carboxylic acids is 1. The molecule has 1 aliphatic heterocycles. The normalized spacial score (nSPS) is 16.1. The highest BCUT2D eigenvalue weighted by atomic mass is 32.2. The van der Waals surface area contributed by atoms with Crippen molar-refractivity contribution in [1.82, 2.24) is 4.90 Å². The first-order valence-electron chi connectivity index (χ1n) is 6.42. The third kappa shape index (κ3) is 3.50. The Morgan fingerprint density at radius 3 is 2.89 bits per heavy atom. The fraction of sp³-hybridized carbons (Fsp3) is 0.429. The van der Waals surface area contributed by atoms with Gasteiger partial charge in [-0.2, -0.15) is 0 Å². The van der Waals surface area contributed by atoms with Gasteiger partial charge in [0.15, 0.2) is 11.3 Å². The number of rotatable bonds is 4. The number of hydrogen-bond acceptors (Lipinski definition) is 4. The lowest BCUT2D eigenvalue weighted by Gasteiger charge is -2.22. The molecule has 0 radical (unpaired) electrons. The number of thioether (sulfide) groups is 1. The number of amidine groups is 1. The molecule has 0 aromatic heterocycles. The second-order valence-electron chi connectivity index (χ2n) is 4.16. The lowest BCUT2D eigenvalue weighted by atomic mass is 10.3. The maximum absolute atomic E-state index is 12.3. The van der Waals surface area contributed by atoms with E-state index in [-0.39, 0.29) is 5.91 Å². The smallest absolute Gasteiger partial charge is 0.269 e. The van der Waals surface area contributed by atoms with Gasteiger partial charge < -0.3 is 4.74 Å². The van der Waals surface area contributed by atoms with E-state index in [0.717, 1.165) is 10.9 Å². The minimum absolute atomic E-state index is 0.0268. The molecule has 19 heavy (non-hydrogen) atoms. The summed E-state index contributed by atoms with van der Waals surface area (Å²) in [5.74, 6) is 1.60. The Hall–Kier alpha value is -1.49. The maximum Gasteiger partial charge on any atom is 0.269 e. The van der Waals surface area contributed by atoms with Gasteiger partial charge in [0, 0.05) is 6.54 Å². The molecule has 2 rings (SSSR count). The molecule has 0 bridgehead atoms. The van der Waals surface area contributed by atoms with Crippen LogP contribution in [0, 0.1) is 0 Å². The molecule has 102 valence electrons. The van der Waals surface area contributed by atoms with Gasteiger partial charge in [0.05, 0.1) is 6.54 Å². The van der Waals surface area contributed by atoms with Gasteiger partial charge in [0.1, 0.15) is 5.75 Å². The first-order chi connectivity index (χ1) is 9.22. The molecule has 0 spiro atoms. The Morgan fingerprint density at radius 1 is 1.47 bits per heavy atom. The van der Waals surface area contributed by atoms with Crippen molar-refractivity contribution >= 4 is 22.8 Å². The number of amides is 1. The molecule has 0 N–H and O–H groups in total. The van der Waals surface area contributed by atoms with Gasteiger partial charge in [-0.25, -0.2) is 0 Å². The van der Waals surface area contributed by atoms with Crippen molar-refractivity contribution in [3.05, 3.63) is 30.3 Å². The molecule has 5 heteroatoms. The number of carbonyl (C=O) groups is 1. The number of para-hydroxylation sites is 1. The highest BCUT2D eigenvalue weighted by Gasteiger charge is 2.28. The highest BCUT2D eigenvalue weighted by molar-refractivity contribution is 8.13. The molecule has 0 saturated heterocycles. The summed E-state index contributed by atoms with van der Waals surface area (Å²) in [5, 5.41) is 0.816. The quantitative estimate of drug-likeness (QED) is 0.849. The largest absolute Gasteiger partial charge is 0.481 e. The first-order valence-corrected chi connectivity index (χ1v) is 7.41. The van der Waals surface area contributed by atoms with Crippen LogP contribution in [0.4, 0.5) is 0 Å². The molecule has 1 heterocycles. The number of benzene rings is 1. The molecule has 1 aliphatic rings. The van der Waals surface area contributed by atoms with Crippen LogP contribution in [0.2, 0.25) is 0 Å². The van der Waals surface area contributed by atoms with Crippen LogP contribution in [0.5, 0.6) is 5.75 Å². The van der Waals surface area contributed by atoms with Crippen LogP contribution in [0.15, 0.2) is 35.3 Å². The van der Waals surface area contributed by atoms with Crippen molar-refractivity contribution < 1.29 is 9.53 Å². The van der Waals surface area contributed by atoms with E-state index >= 15 is 0 Å². The average molecular weight is 278 g/mol. The van der Waals surface area contributed by atoms with Crippen LogP contribution in [-0.2, 0) is 4.79 Å². The third-order valence-corrected chi connectivity index (χ3v) is 3.64. The number of hydrogen-bond donors (Lipinski definition) is 0. The average Bonchev–Trinajstić information content (AvgIpc) is 2.87. The molecular formula is C14H18N2O2S. The number of aliphatic imine (C=N–C) groups is 1. The fourth-order valence-corrected chi connectivity index (χ4v) is 2.63. The predicted molar refractivity (Wildman–Crippen MR) is 78.7 cm³/mol. The Kier molecular flexibility index (Phi) is 4.85. The molecule has 1 aromatic rings. The lowest BCUT2D eigenvalue weighted by molar-refractivity contribution is -0.133. The van der Waals surface area contributed by atoms with Gasteiger partial charge in [-0.1, -0.05) is 36.9 Å². The van der Waals surface area contributed by atoms with Gasteiger partial charge in [-0.05, 0) is 24.8 Å². The van der Waals surface area contributed by atoms with Crippen molar-refractivity contribution in [3.63, 3.8) is 0 Å². The van der Waals surface area contributed by atoms with E-state index in [4.69, 9.17) is 4.74 Å². The Balaban J connectivity index is 1.98. The van der Waals surface area contributed by atoms with E-state index in [1.54, 1.807) is 23.6 Å². The molecular weight excluding hydrogens is 260 g/mol. The van der Waals surface area contributed by atoms with E-state index in [9.17, 15) is 4.79 Å². The van der Waals surface area contributed by atoms with Crippen molar-refractivity contribution in [1.29, 1.82) is 0 Å². The molecule has 4 nitrogen and oxygen atoms in total. The summed E-state index contributed by atoms with van der Waals surface area (Å²) in [5.41, 5.74) is 0. The van der Waals surface area contributed by atoms with Gasteiger partial charge >= 0.3 is 0 Å². The second kappa shape index (κ2) is 6.61. The molecule has 1 unspecified atom stereocenters. The zero-order valence-electron chi connectivity index (χ0n) is 11.2. The molecule has 1 amide bonds. The molecule has 0 saturated carbocycles. The van der Waals surface area contributed by atoms with E-state index in [2.05, 4.69) is 11.9 Å². The second-order valence-corrected chi connectivity index (χ2v) is 5.39. The summed E-state index contributed by atoms with van der Waals surface area (Å²) in [6.07, 6.45) is -0.497. The molecule has 0 fully saturated rings. The Labute approximate surface area is 117 Å². The molecule has 0 aliphatic carbocycles. The lowest BCUT2D eigenvalue weighted by Crippen LogP contribution is -2.41. The SMILES string of the molecule is CCSC1=NCCN1C(=O)C(C)Oc1ccccc1. The first kappa shape index (κ1) is 13.9. The van der Waals surface area contributed by atoms with Gasteiger partial charge in [0.2, 0.25) is 0 Å². The van der Waals surface area contributed by atoms with Gasteiger partial charge in [-0.3, -0.25) is 14.7 Å². The van der Waals surface area contributed by atoms with Gasteiger partial charge in [0.25, 0.3) is 5.91 Å². The summed E-state index contributed by atoms with van der Waals surface area (Å²) in [6, 6.07) is 9.40. The molecule has 1 aromatic carbocycles. The third-order valence-electron chi connectivity index (χ3n) is 2.74. The maximum atomic E-state index is 12.3. The number of nitrogens with zero attached hydrogens (tertiary/aromatic N) is 2. The van der Waals surface area contributed by atoms with Crippen molar-refractivity contribution in [2.75, 3.05) is 18.8 Å². The predicted octanol–water partition coefficient (Wildman–Crippen LogP) is 2.41. The zero-order chi connectivity index (χ0) is 13.7. The Bertz CT molecular complexity index is 462. The van der Waals surface area contributed by atoms with E-state index in [0.29, 0.717) is 18.8 Å². The zero-order valence-corrected chi connectivity index (χ0v) is 12.0. The minimum atomic E-state index is -0.497. The van der Waals surface area contributed by atoms with Crippen molar-refractivity contribution in [3.8, 4) is 5.75 Å². The fourth-order valence-electron chi connectivity index (χ4n) is 1.86. The summed E-state index contributed by atoms with van der Waals surface area (Å²) < 4.78 is 5.66. The van der Waals surface area contributed by atoms with E-state index in [1.165, 1.54) is 0 Å². The summed E-state index contributed by atoms with van der Waals surface area (Å²) >= 11 is 1.60. The Morgan fingerprint density at radius 2 is 2.21 bits per heavy atom. The molecule has 1 atom stereocenters. The van der Waals surface area contributed by atoms with Crippen molar-refractivity contribution in [2.24, 2.45) is 4.99 Å². The standard InChI is InChI=1S/C14H18N2O2S/c1-3-19-14-15-9-10-16(14)13(17)11(2)18-12-7-5-4-6-8-12/h4-8,11H,3,9-10H2,1-2H3. The van der Waals surface area contributed by atoms with Crippen LogP contribution >= 0.6 is 11.8 Å². The number of ether oxygens (including phenoxy) is 1. The van der Waals surface area contributed by atoms with Crippen LogP contribution in [0.25, 0.3) is 0 Å².